The minimum Gasteiger partial charge on any atom is -0.478 e. The Bertz CT molecular complexity index is 442. The topological polar surface area (TPSA) is 75.6 Å². The lowest BCUT2D eigenvalue weighted by Gasteiger charge is -2.13. The van der Waals surface area contributed by atoms with E-state index in [1.165, 1.54) is 17.4 Å². The first-order chi connectivity index (χ1) is 8.09. The maximum atomic E-state index is 11.9. The van der Waals surface area contributed by atoms with Crippen LogP contribution in [0.15, 0.2) is 11.4 Å². The quantitative estimate of drug-likeness (QED) is 0.863. The van der Waals surface area contributed by atoms with Crippen molar-refractivity contribution in [2.24, 2.45) is 5.92 Å². The zero-order chi connectivity index (χ0) is 12.4. The van der Waals surface area contributed by atoms with Crippen molar-refractivity contribution >= 4 is 28.2 Å². The fraction of sp³-hybridized carbons (Fsp3) is 0.455. The third-order valence-corrected chi connectivity index (χ3v) is 3.68. The van der Waals surface area contributed by atoms with Crippen LogP contribution in [0.1, 0.15) is 23.7 Å². The summed E-state index contributed by atoms with van der Waals surface area (Å²) in [6.45, 7) is 2.43. The average molecular weight is 255 g/mol. The number of carboxylic acid groups (broad SMARTS) is 1. The van der Waals surface area contributed by atoms with E-state index in [4.69, 9.17) is 9.84 Å². The molecule has 92 valence electrons. The number of carbonyl (C=O) groups is 2. The van der Waals surface area contributed by atoms with Crippen LogP contribution in [0.3, 0.4) is 0 Å². The van der Waals surface area contributed by atoms with Gasteiger partial charge in [-0.1, -0.05) is 0 Å². The average Bonchev–Trinajstić information content (AvgIpc) is 2.86. The summed E-state index contributed by atoms with van der Waals surface area (Å²) in [6, 6.07) is 1.48. The molecule has 1 aliphatic rings. The van der Waals surface area contributed by atoms with E-state index in [9.17, 15) is 9.59 Å². The van der Waals surface area contributed by atoms with Gasteiger partial charge in [0, 0.05) is 6.61 Å². The van der Waals surface area contributed by atoms with Crippen LogP contribution in [0.4, 0.5) is 5.00 Å². The van der Waals surface area contributed by atoms with Gasteiger partial charge in [-0.25, -0.2) is 4.79 Å². The predicted octanol–water partition coefficient (Wildman–Crippen LogP) is 1.81. The minimum atomic E-state index is -1.03. The molecule has 2 N–H and O–H groups in total. The number of rotatable bonds is 3. The molecule has 0 saturated carbocycles. The van der Waals surface area contributed by atoms with Gasteiger partial charge in [-0.2, -0.15) is 0 Å². The highest BCUT2D eigenvalue weighted by Gasteiger charge is 2.31. The number of aromatic carboxylic acids is 1. The SMILES string of the molecule is CC1OCCC1C(=O)Nc1sccc1C(=O)O. The first-order valence-electron chi connectivity index (χ1n) is 5.33. The van der Waals surface area contributed by atoms with Crippen LogP contribution in [0.2, 0.25) is 0 Å². The largest absolute Gasteiger partial charge is 0.478 e. The lowest BCUT2D eigenvalue weighted by Crippen LogP contribution is -2.27. The number of carboxylic acids is 1. The van der Waals surface area contributed by atoms with Crippen LogP contribution >= 0.6 is 11.3 Å². The fourth-order valence-electron chi connectivity index (χ4n) is 1.86. The van der Waals surface area contributed by atoms with Crippen LogP contribution in [0.25, 0.3) is 0 Å². The molecule has 0 aromatic carbocycles. The molecule has 0 aliphatic carbocycles. The van der Waals surface area contributed by atoms with Crippen LogP contribution in [-0.2, 0) is 9.53 Å². The van der Waals surface area contributed by atoms with Crippen molar-refractivity contribution in [2.45, 2.75) is 19.4 Å². The van der Waals surface area contributed by atoms with Gasteiger partial charge in [0.25, 0.3) is 0 Å². The highest BCUT2D eigenvalue weighted by atomic mass is 32.1. The molecule has 2 rings (SSSR count). The summed E-state index contributed by atoms with van der Waals surface area (Å²) in [4.78, 5) is 22.8. The molecule has 1 aromatic rings. The standard InChI is InChI=1S/C11H13NO4S/c1-6-7(2-4-16-6)9(13)12-10-8(11(14)15)3-5-17-10/h3,5-7H,2,4H2,1H3,(H,12,13)(H,14,15). The Hall–Kier alpha value is -1.40. The molecule has 1 amide bonds. The second kappa shape index (κ2) is 4.85. The van der Waals surface area contributed by atoms with E-state index < -0.39 is 5.97 Å². The summed E-state index contributed by atoms with van der Waals surface area (Å²) in [6.07, 6.45) is 0.573. The summed E-state index contributed by atoms with van der Waals surface area (Å²) >= 11 is 1.21. The van der Waals surface area contributed by atoms with Crippen molar-refractivity contribution in [3.63, 3.8) is 0 Å². The molecule has 2 heterocycles. The van der Waals surface area contributed by atoms with Gasteiger partial charge >= 0.3 is 5.97 Å². The molecule has 17 heavy (non-hydrogen) atoms. The molecule has 0 spiro atoms. The van der Waals surface area contributed by atoms with E-state index in [1.54, 1.807) is 5.38 Å². The molecular formula is C11H13NO4S. The summed E-state index contributed by atoms with van der Waals surface area (Å²) in [7, 11) is 0. The van der Waals surface area contributed by atoms with Gasteiger partial charge in [-0.3, -0.25) is 4.79 Å². The maximum absolute atomic E-state index is 11.9. The minimum absolute atomic E-state index is 0.108. The van der Waals surface area contributed by atoms with Gasteiger partial charge < -0.3 is 15.2 Å². The van der Waals surface area contributed by atoms with Crippen molar-refractivity contribution in [1.29, 1.82) is 0 Å². The van der Waals surface area contributed by atoms with E-state index in [1.807, 2.05) is 6.92 Å². The Kier molecular flexibility index (Phi) is 3.44. The number of hydrogen-bond donors (Lipinski definition) is 2. The molecule has 1 fully saturated rings. The van der Waals surface area contributed by atoms with Crippen molar-refractivity contribution < 1.29 is 19.4 Å². The van der Waals surface area contributed by atoms with Crippen molar-refractivity contribution in [2.75, 3.05) is 11.9 Å². The lowest BCUT2D eigenvalue weighted by atomic mass is 10.0. The molecule has 6 heteroatoms. The van der Waals surface area contributed by atoms with E-state index in [0.717, 1.165) is 0 Å². The Balaban J connectivity index is 2.07. The Morgan fingerprint density at radius 3 is 2.94 bits per heavy atom. The molecule has 1 saturated heterocycles. The number of thiophene rings is 1. The highest BCUT2D eigenvalue weighted by molar-refractivity contribution is 7.14. The number of anilines is 1. The van der Waals surface area contributed by atoms with E-state index >= 15 is 0 Å². The van der Waals surface area contributed by atoms with Gasteiger partial charge in [0.05, 0.1) is 17.6 Å². The summed E-state index contributed by atoms with van der Waals surface area (Å²) in [5.41, 5.74) is 0.134. The Morgan fingerprint density at radius 1 is 1.59 bits per heavy atom. The number of nitrogens with one attached hydrogen (secondary N) is 1. The monoisotopic (exact) mass is 255 g/mol. The molecule has 1 aromatic heterocycles. The molecule has 1 aliphatic heterocycles. The summed E-state index contributed by atoms with van der Waals surface area (Å²) < 4.78 is 5.31. The number of amides is 1. The normalized spacial score (nSPS) is 23.6. The molecule has 0 radical (unpaired) electrons. The third-order valence-electron chi connectivity index (χ3n) is 2.85. The molecule has 0 bridgehead atoms. The van der Waals surface area contributed by atoms with E-state index in [0.29, 0.717) is 18.0 Å². The summed E-state index contributed by atoms with van der Waals surface area (Å²) in [5, 5.41) is 13.6. The Labute approximate surface area is 102 Å². The smallest absolute Gasteiger partial charge is 0.338 e. The molecule has 5 nitrogen and oxygen atoms in total. The van der Waals surface area contributed by atoms with Gasteiger partial charge in [0.15, 0.2) is 0 Å². The summed E-state index contributed by atoms with van der Waals surface area (Å²) in [5.74, 6) is -1.39. The molecule has 2 atom stereocenters. The second-order valence-electron chi connectivity index (χ2n) is 3.93. The van der Waals surface area contributed by atoms with Crippen molar-refractivity contribution in [3.8, 4) is 0 Å². The Morgan fingerprint density at radius 2 is 2.35 bits per heavy atom. The van der Waals surface area contributed by atoms with Crippen LogP contribution in [-0.4, -0.2) is 29.7 Å². The first-order valence-corrected chi connectivity index (χ1v) is 6.21. The van der Waals surface area contributed by atoms with Gasteiger partial charge in [0.1, 0.15) is 5.00 Å². The highest BCUT2D eigenvalue weighted by Crippen LogP contribution is 2.27. The third kappa shape index (κ3) is 2.48. The fourth-order valence-corrected chi connectivity index (χ4v) is 2.64. The number of carbonyl (C=O) groups excluding carboxylic acids is 1. The van der Waals surface area contributed by atoms with E-state index in [2.05, 4.69) is 5.32 Å². The van der Waals surface area contributed by atoms with Gasteiger partial charge in [0.2, 0.25) is 5.91 Å². The zero-order valence-corrected chi connectivity index (χ0v) is 10.1. The second-order valence-corrected chi connectivity index (χ2v) is 4.84. The van der Waals surface area contributed by atoms with Crippen molar-refractivity contribution in [1.82, 2.24) is 0 Å². The number of hydrogen-bond acceptors (Lipinski definition) is 4. The predicted molar refractivity (Wildman–Crippen MR) is 63.4 cm³/mol. The molecular weight excluding hydrogens is 242 g/mol. The molecule has 2 unspecified atom stereocenters. The van der Waals surface area contributed by atoms with Gasteiger partial charge in [-0.15, -0.1) is 11.3 Å². The zero-order valence-electron chi connectivity index (χ0n) is 9.30. The first kappa shape index (κ1) is 12.1. The lowest BCUT2D eigenvalue weighted by molar-refractivity contribution is -0.121. The van der Waals surface area contributed by atoms with Crippen LogP contribution in [0.5, 0.6) is 0 Å². The van der Waals surface area contributed by atoms with Crippen molar-refractivity contribution in [3.05, 3.63) is 17.0 Å². The van der Waals surface area contributed by atoms with Crippen LogP contribution < -0.4 is 5.32 Å². The maximum Gasteiger partial charge on any atom is 0.338 e. The van der Waals surface area contributed by atoms with Gasteiger partial charge in [-0.05, 0) is 24.8 Å². The number of ether oxygens (including phenoxy) is 1. The van der Waals surface area contributed by atoms with E-state index in [-0.39, 0.29) is 23.5 Å². The van der Waals surface area contributed by atoms with Crippen LogP contribution in [0, 0.1) is 5.92 Å².